The van der Waals surface area contributed by atoms with Gasteiger partial charge in [0.2, 0.25) is 0 Å². The zero-order chi connectivity index (χ0) is 37.5. The first-order valence-electron chi connectivity index (χ1n) is 19.2. The van der Waals surface area contributed by atoms with E-state index >= 15 is 0 Å². The molecule has 3 aliphatic heterocycles. The molecule has 0 aliphatic carbocycles. The molecule has 3 heterocycles. The highest BCUT2D eigenvalue weighted by Crippen LogP contribution is 2.61. The second-order valence-corrected chi connectivity index (χ2v) is 14.6. The Bertz CT molecular complexity index is 3180. The SMILES string of the molecule is c1cc2c3c(c1)Oc1c(-c4ccc(C5=NC(c6cccc7ccccc67)NC(c6cccc7ccccc67)=N5)cc4)cccc1N3c1cc3ccccc3cc1O2. The highest BCUT2D eigenvalue weighted by Gasteiger charge is 2.36. The number of para-hydroxylation sites is 2. The van der Waals surface area contributed by atoms with Crippen LogP contribution in [0.2, 0.25) is 0 Å². The topological polar surface area (TPSA) is 58.5 Å². The Morgan fingerprint density at radius 2 is 1.09 bits per heavy atom. The molecule has 9 aromatic carbocycles. The minimum absolute atomic E-state index is 0.342. The zero-order valence-corrected chi connectivity index (χ0v) is 30.6. The Morgan fingerprint density at radius 3 is 1.91 bits per heavy atom. The maximum Gasteiger partial charge on any atom is 0.159 e. The summed E-state index contributed by atoms with van der Waals surface area (Å²) in [6.07, 6.45) is -0.342. The molecule has 6 nitrogen and oxygen atoms in total. The summed E-state index contributed by atoms with van der Waals surface area (Å²) in [6, 6.07) is 63.3. The quantitative estimate of drug-likeness (QED) is 0.196. The average Bonchev–Trinajstić information content (AvgIpc) is 3.27. The van der Waals surface area contributed by atoms with E-state index in [-0.39, 0.29) is 6.17 Å². The summed E-state index contributed by atoms with van der Waals surface area (Å²) in [5.41, 5.74) is 7.94. The van der Waals surface area contributed by atoms with Gasteiger partial charge < -0.3 is 14.8 Å². The molecule has 1 atom stereocenters. The summed E-state index contributed by atoms with van der Waals surface area (Å²) >= 11 is 0. The Balaban J connectivity index is 0.968. The summed E-state index contributed by atoms with van der Waals surface area (Å²) in [7, 11) is 0. The van der Waals surface area contributed by atoms with Gasteiger partial charge in [-0.2, -0.15) is 0 Å². The number of hydrogen-bond donors (Lipinski definition) is 1. The van der Waals surface area contributed by atoms with Crippen LogP contribution in [0.5, 0.6) is 23.0 Å². The predicted molar refractivity (Wildman–Crippen MR) is 231 cm³/mol. The third kappa shape index (κ3) is 5.04. The van der Waals surface area contributed by atoms with E-state index in [0.717, 1.165) is 101 Å². The lowest BCUT2D eigenvalue weighted by Crippen LogP contribution is -2.33. The molecular weight excluding hydrogens is 701 g/mol. The lowest BCUT2D eigenvalue weighted by molar-refractivity contribution is 0.447. The predicted octanol–water partition coefficient (Wildman–Crippen LogP) is 13.0. The third-order valence-corrected chi connectivity index (χ3v) is 11.3. The maximum atomic E-state index is 6.78. The van der Waals surface area contributed by atoms with Crippen molar-refractivity contribution in [1.29, 1.82) is 0 Å². The highest BCUT2D eigenvalue weighted by atomic mass is 16.5. The summed E-state index contributed by atoms with van der Waals surface area (Å²) in [5, 5.41) is 10.6. The normalized spacial score (nSPS) is 15.1. The fraction of sp³-hybridized carbons (Fsp3) is 0.0196. The molecule has 9 aromatic rings. The van der Waals surface area contributed by atoms with Gasteiger partial charge in [0, 0.05) is 22.3 Å². The van der Waals surface area contributed by atoms with Crippen LogP contribution in [-0.2, 0) is 0 Å². The van der Waals surface area contributed by atoms with Crippen molar-refractivity contribution in [1.82, 2.24) is 5.32 Å². The molecule has 57 heavy (non-hydrogen) atoms. The average molecular weight is 733 g/mol. The van der Waals surface area contributed by atoms with E-state index < -0.39 is 0 Å². The van der Waals surface area contributed by atoms with Crippen LogP contribution in [0.15, 0.2) is 192 Å². The Hall–Kier alpha value is -7.70. The van der Waals surface area contributed by atoms with Gasteiger partial charge in [-0.15, -0.1) is 0 Å². The number of amidine groups is 2. The molecule has 0 bridgehead atoms. The van der Waals surface area contributed by atoms with E-state index in [1.165, 1.54) is 5.39 Å². The second-order valence-electron chi connectivity index (χ2n) is 14.6. The number of benzene rings is 9. The fourth-order valence-corrected chi connectivity index (χ4v) is 8.58. The van der Waals surface area contributed by atoms with Crippen molar-refractivity contribution >= 4 is 61.1 Å². The number of anilines is 3. The van der Waals surface area contributed by atoms with E-state index in [1.807, 2.05) is 18.2 Å². The summed E-state index contributed by atoms with van der Waals surface area (Å²) < 4.78 is 13.3. The number of aliphatic imine (C=N–C) groups is 2. The molecule has 0 radical (unpaired) electrons. The molecule has 0 aromatic heterocycles. The molecule has 0 saturated heterocycles. The summed E-state index contributed by atoms with van der Waals surface area (Å²) in [6.45, 7) is 0. The fourth-order valence-electron chi connectivity index (χ4n) is 8.58. The van der Waals surface area contributed by atoms with Gasteiger partial charge in [-0.05, 0) is 68.2 Å². The molecule has 12 rings (SSSR count). The van der Waals surface area contributed by atoms with Crippen LogP contribution in [0.4, 0.5) is 17.1 Å². The molecule has 0 amide bonds. The van der Waals surface area contributed by atoms with Crippen molar-refractivity contribution in [2.75, 3.05) is 4.90 Å². The number of rotatable bonds is 4. The van der Waals surface area contributed by atoms with Gasteiger partial charge >= 0.3 is 0 Å². The monoisotopic (exact) mass is 732 g/mol. The molecule has 6 heteroatoms. The van der Waals surface area contributed by atoms with Crippen LogP contribution >= 0.6 is 0 Å². The van der Waals surface area contributed by atoms with Crippen molar-refractivity contribution in [2.45, 2.75) is 6.17 Å². The van der Waals surface area contributed by atoms with Crippen molar-refractivity contribution < 1.29 is 9.47 Å². The first-order chi connectivity index (χ1) is 28.2. The van der Waals surface area contributed by atoms with Crippen LogP contribution in [0.25, 0.3) is 43.4 Å². The van der Waals surface area contributed by atoms with E-state index in [9.17, 15) is 0 Å². The van der Waals surface area contributed by atoms with Gasteiger partial charge in [-0.1, -0.05) is 152 Å². The highest BCUT2D eigenvalue weighted by molar-refractivity contribution is 6.17. The van der Waals surface area contributed by atoms with E-state index in [2.05, 4.69) is 174 Å². The molecular formula is C51H32N4O2. The molecule has 1 unspecified atom stereocenters. The van der Waals surface area contributed by atoms with Crippen LogP contribution in [-0.4, -0.2) is 11.7 Å². The van der Waals surface area contributed by atoms with Crippen molar-refractivity contribution in [3.63, 3.8) is 0 Å². The molecule has 268 valence electrons. The molecule has 0 saturated carbocycles. The number of ether oxygens (including phenoxy) is 2. The molecule has 1 N–H and O–H groups in total. The van der Waals surface area contributed by atoms with Crippen LogP contribution < -0.4 is 19.7 Å². The van der Waals surface area contributed by atoms with Gasteiger partial charge in [-0.25, -0.2) is 9.98 Å². The van der Waals surface area contributed by atoms with E-state index in [4.69, 9.17) is 19.5 Å². The zero-order valence-electron chi connectivity index (χ0n) is 30.6. The standard InChI is InChI=1S/C51H32N4O2/c1-2-14-36-30-46-43(29-35(36)13-1)55-42-22-9-19-39(48(42)57-45-24-10-23-44(56-46)47(45)55)33-25-27-34(28-26-33)49-52-50(40-20-7-15-31-11-3-5-17-37(31)40)54-51(53-49)41-21-8-16-32-12-4-6-18-38(32)41/h1-30,50H,(H,52,53,54). The minimum atomic E-state index is -0.342. The first kappa shape index (κ1) is 31.6. The largest absolute Gasteiger partial charge is 0.453 e. The van der Waals surface area contributed by atoms with Crippen molar-refractivity contribution in [3.8, 4) is 34.1 Å². The lowest BCUT2D eigenvalue weighted by atomic mass is 9.98. The van der Waals surface area contributed by atoms with Crippen molar-refractivity contribution in [3.05, 3.63) is 199 Å². The first-order valence-corrected chi connectivity index (χ1v) is 19.2. The van der Waals surface area contributed by atoms with E-state index in [1.54, 1.807) is 0 Å². The van der Waals surface area contributed by atoms with Crippen LogP contribution in [0.1, 0.15) is 22.9 Å². The number of fused-ring (bicyclic) bond motifs is 7. The third-order valence-electron chi connectivity index (χ3n) is 11.3. The smallest absolute Gasteiger partial charge is 0.159 e. The van der Waals surface area contributed by atoms with Gasteiger partial charge in [0.05, 0.1) is 11.4 Å². The lowest BCUT2D eigenvalue weighted by Gasteiger charge is -2.38. The number of nitrogens with one attached hydrogen (secondary N) is 1. The van der Waals surface area contributed by atoms with E-state index in [0.29, 0.717) is 5.84 Å². The van der Waals surface area contributed by atoms with Gasteiger partial charge in [0.1, 0.15) is 17.7 Å². The number of nitrogens with zero attached hydrogens (tertiary/aromatic N) is 3. The van der Waals surface area contributed by atoms with Crippen LogP contribution in [0, 0.1) is 0 Å². The van der Waals surface area contributed by atoms with Gasteiger partial charge in [0.15, 0.2) is 28.8 Å². The Labute approximate surface area is 328 Å². The molecule has 0 fully saturated rings. The van der Waals surface area contributed by atoms with Crippen molar-refractivity contribution in [2.24, 2.45) is 9.98 Å². The number of hydrogen-bond acceptors (Lipinski definition) is 6. The Morgan fingerprint density at radius 1 is 0.474 bits per heavy atom. The molecule has 0 spiro atoms. The summed E-state index contributed by atoms with van der Waals surface area (Å²) in [4.78, 5) is 12.8. The van der Waals surface area contributed by atoms with Crippen LogP contribution in [0.3, 0.4) is 0 Å². The second kappa shape index (κ2) is 12.4. The molecule has 3 aliphatic rings. The Kier molecular flexibility index (Phi) is 6.89. The van der Waals surface area contributed by atoms with Gasteiger partial charge in [0.25, 0.3) is 0 Å². The van der Waals surface area contributed by atoms with Gasteiger partial charge in [-0.3, -0.25) is 4.90 Å². The maximum absolute atomic E-state index is 6.78. The minimum Gasteiger partial charge on any atom is -0.453 e. The summed E-state index contributed by atoms with van der Waals surface area (Å²) in [5.74, 6) is 4.59.